The lowest BCUT2D eigenvalue weighted by Crippen LogP contribution is -2.20. The molecule has 2 rings (SSSR count). The molecule has 0 amide bonds. The Bertz CT molecular complexity index is 599. The van der Waals surface area contributed by atoms with Crippen LogP contribution in [0.5, 0.6) is 0 Å². The molecule has 0 fully saturated rings. The van der Waals surface area contributed by atoms with Gasteiger partial charge in [-0.05, 0) is 30.7 Å². The van der Waals surface area contributed by atoms with E-state index in [-0.39, 0.29) is 17.3 Å². The van der Waals surface area contributed by atoms with Crippen molar-refractivity contribution in [1.82, 2.24) is 0 Å². The molecule has 0 spiro atoms. The van der Waals surface area contributed by atoms with Crippen LogP contribution in [0.4, 0.5) is 10.1 Å². The van der Waals surface area contributed by atoms with Crippen LogP contribution in [0.25, 0.3) is 0 Å². The summed E-state index contributed by atoms with van der Waals surface area (Å²) in [7, 11) is 0. The van der Waals surface area contributed by atoms with Crippen LogP contribution in [0.1, 0.15) is 17.2 Å². The second-order valence-corrected chi connectivity index (χ2v) is 4.63. The van der Waals surface area contributed by atoms with E-state index in [9.17, 15) is 14.5 Å². The van der Waals surface area contributed by atoms with Crippen LogP contribution >= 0.6 is 0 Å². The first-order valence-electron chi connectivity index (χ1n) is 6.25. The number of aryl methyl sites for hydroxylation is 1. The first kappa shape index (κ1) is 14.0. The molecule has 1 unspecified atom stereocenters. The third-order valence-electron chi connectivity index (χ3n) is 2.98. The van der Waals surface area contributed by atoms with Gasteiger partial charge in [-0.1, -0.05) is 35.9 Å². The Morgan fingerprint density at radius 1 is 1.25 bits per heavy atom. The van der Waals surface area contributed by atoms with Gasteiger partial charge in [0.15, 0.2) is 0 Å². The quantitative estimate of drug-likeness (QED) is 0.670. The van der Waals surface area contributed by atoms with Crippen molar-refractivity contribution in [1.29, 1.82) is 0 Å². The van der Waals surface area contributed by atoms with Crippen LogP contribution in [0.3, 0.4) is 0 Å². The van der Waals surface area contributed by atoms with E-state index >= 15 is 0 Å². The maximum absolute atomic E-state index is 13.2. The summed E-state index contributed by atoms with van der Waals surface area (Å²) >= 11 is 0. The molecule has 0 aromatic heterocycles. The normalized spacial score (nSPS) is 11.9. The number of rotatable bonds is 5. The minimum atomic E-state index is -0.493. The molecule has 0 aliphatic heterocycles. The first-order valence-corrected chi connectivity index (χ1v) is 6.25. The summed E-state index contributed by atoms with van der Waals surface area (Å²) in [4.78, 5) is 10.4. The van der Waals surface area contributed by atoms with Gasteiger partial charge >= 0.3 is 0 Å². The van der Waals surface area contributed by atoms with E-state index in [0.29, 0.717) is 5.69 Å². The Hall–Kier alpha value is -2.43. The molecule has 4 nitrogen and oxygen atoms in total. The lowest BCUT2D eigenvalue weighted by molar-refractivity contribution is -0.482. The average Bonchev–Trinajstić information content (AvgIpc) is 2.38. The Balaban J connectivity index is 2.23. The van der Waals surface area contributed by atoms with Crippen LogP contribution in [0, 0.1) is 22.9 Å². The number of nitrogens with zero attached hydrogens (tertiary/aromatic N) is 1. The highest BCUT2D eigenvalue weighted by Gasteiger charge is 2.17. The maximum Gasteiger partial charge on any atom is 0.227 e. The summed E-state index contributed by atoms with van der Waals surface area (Å²) in [6, 6.07) is 12.9. The number of halogens is 1. The lowest BCUT2D eigenvalue weighted by Gasteiger charge is -2.17. The summed E-state index contributed by atoms with van der Waals surface area (Å²) in [5, 5.41) is 13.8. The Morgan fingerprint density at radius 3 is 2.55 bits per heavy atom. The van der Waals surface area contributed by atoms with Crippen molar-refractivity contribution >= 4 is 5.69 Å². The fourth-order valence-corrected chi connectivity index (χ4v) is 1.96. The standard InChI is InChI=1S/C15H15FN2O2/c1-11-5-7-12(8-6-11)15(10-18(19)20)17-14-4-2-3-13(16)9-14/h2-9,15,17H,10H2,1H3. The largest absolute Gasteiger partial charge is 0.372 e. The van der Waals surface area contributed by atoms with E-state index in [1.54, 1.807) is 12.1 Å². The van der Waals surface area contributed by atoms with Gasteiger partial charge in [0.1, 0.15) is 11.9 Å². The summed E-state index contributed by atoms with van der Waals surface area (Å²) in [5.41, 5.74) is 2.41. The number of benzene rings is 2. The van der Waals surface area contributed by atoms with Gasteiger partial charge in [-0.3, -0.25) is 10.1 Å². The van der Waals surface area contributed by atoms with Crippen molar-refractivity contribution < 1.29 is 9.31 Å². The molecule has 5 heteroatoms. The van der Waals surface area contributed by atoms with E-state index in [1.807, 2.05) is 31.2 Å². The number of hydrogen-bond acceptors (Lipinski definition) is 3. The average molecular weight is 274 g/mol. The van der Waals surface area contributed by atoms with Crippen LogP contribution in [-0.4, -0.2) is 11.5 Å². The van der Waals surface area contributed by atoms with Crippen molar-refractivity contribution in [2.75, 3.05) is 11.9 Å². The highest BCUT2D eigenvalue weighted by atomic mass is 19.1. The molecule has 2 aromatic rings. The van der Waals surface area contributed by atoms with Crippen LogP contribution in [-0.2, 0) is 0 Å². The molecule has 20 heavy (non-hydrogen) atoms. The summed E-state index contributed by atoms with van der Waals surface area (Å²) in [6.07, 6.45) is 0. The number of nitro groups is 1. The van der Waals surface area contributed by atoms with Crippen molar-refractivity contribution in [3.05, 3.63) is 75.6 Å². The van der Waals surface area contributed by atoms with Gasteiger partial charge in [0.2, 0.25) is 6.54 Å². The van der Waals surface area contributed by atoms with Crippen molar-refractivity contribution in [2.24, 2.45) is 0 Å². The van der Waals surface area contributed by atoms with E-state index in [4.69, 9.17) is 0 Å². The monoisotopic (exact) mass is 274 g/mol. The lowest BCUT2D eigenvalue weighted by atomic mass is 10.0. The number of nitrogens with one attached hydrogen (secondary N) is 1. The maximum atomic E-state index is 13.2. The van der Waals surface area contributed by atoms with E-state index in [1.165, 1.54) is 12.1 Å². The molecule has 0 saturated heterocycles. The number of anilines is 1. The molecule has 0 aliphatic carbocycles. The van der Waals surface area contributed by atoms with E-state index in [2.05, 4.69) is 5.32 Å². The third kappa shape index (κ3) is 3.78. The zero-order chi connectivity index (χ0) is 14.5. The van der Waals surface area contributed by atoms with E-state index in [0.717, 1.165) is 11.1 Å². The van der Waals surface area contributed by atoms with Crippen molar-refractivity contribution in [3.8, 4) is 0 Å². The Morgan fingerprint density at radius 2 is 1.95 bits per heavy atom. The van der Waals surface area contributed by atoms with Gasteiger partial charge in [0.05, 0.1) is 0 Å². The highest BCUT2D eigenvalue weighted by molar-refractivity contribution is 5.45. The number of hydrogen-bond donors (Lipinski definition) is 1. The topological polar surface area (TPSA) is 55.2 Å². The second-order valence-electron chi connectivity index (χ2n) is 4.63. The zero-order valence-electron chi connectivity index (χ0n) is 11.0. The molecule has 0 saturated carbocycles. The van der Waals surface area contributed by atoms with Gasteiger partial charge in [0, 0.05) is 10.6 Å². The molecule has 0 heterocycles. The van der Waals surface area contributed by atoms with Gasteiger partial charge in [-0.25, -0.2) is 4.39 Å². The molecule has 0 bridgehead atoms. The summed E-state index contributed by atoms with van der Waals surface area (Å²) < 4.78 is 13.2. The minimum absolute atomic E-state index is 0.264. The van der Waals surface area contributed by atoms with Crippen LogP contribution in [0.15, 0.2) is 48.5 Å². The molecule has 2 aromatic carbocycles. The SMILES string of the molecule is Cc1ccc(C(C[N+](=O)[O-])Nc2cccc(F)c2)cc1. The first-order chi connectivity index (χ1) is 9.54. The third-order valence-corrected chi connectivity index (χ3v) is 2.98. The van der Waals surface area contributed by atoms with Gasteiger partial charge in [-0.15, -0.1) is 0 Å². The molecule has 0 radical (unpaired) electrons. The van der Waals surface area contributed by atoms with Gasteiger partial charge in [0.25, 0.3) is 0 Å². The second kappa shape index (κ2) is 6.14. The summed E-state index contributed by atoms with van der Waals surface area (Å²) in [5.74, 6) is -0.376. The molecule has 1 N–H and O–H groups in total. The van der Waals surface area contributed by atoms with Crippen LogP contribution < -0.4 is 5.32 Å². The van der Waals surface area contributed by atoms with Crippen molar-refractivity contribution in [3.63, 3.8) is 0 Å². The molecular formula is C15H15FN2O2. The fourth-order valence-electron chi connectivity index (χ4n) is 1.96. The van der Waals surface area contributed by atoms with Gasteiger partial charge in [-0.2, -0.15) is 0 Å². The summed E-state index contributed by atoms with van der Waals surface area (Å²) in [6.45, 7) is 1.69. The highest BCUT2D eigenvalue weighted by Crippen LogP contribution is 2.21. The van der Waals surface area contributed by atoms with Crippen molar-refractivity contribution in [2.45, 2.75) is 13.0 Å². The minimum Gasteiger partial charge on any atom is -0.372 e. The molecule has 104 valence electrons. The van der Waals surface area contributed by atoms with E-state index < -0.39 is 6.04 Å². The predicted molar refractivity (Wildman–Crippen MR) is 75.8 cm³/mol. The van der Waals surface area contributed by atoms with Crippen LogP contribution in [0.2, 0.25) is 0 Å². The fraction of sp³-hybridized carbons (Fsp3) is 0.200. The molecular weight excluding hydrogens is 259 g/mol. The Kier molecular flexibility index (Phi) is 4.30. The zero-order valence-corrected chi connectivity index (χ0v) is 11.0. The molecule has 1 atom stereocenters. The smallest absolute Gasteiger partial charge is 0.227 e. The van der Waals surface area contributed by atoms with Gasteiger partial charge < -0.3 is 5.32 Å². The molecule has 0 aliphatic rings. The Labute approximate surface area is 116 Å². The predicted octanol–water partition coefficient (Wildman–Crippen LogP) is 3.56.